The Hall–Kier alpha value is -0.570. The van der Waals surface area contributed by atoms with Crippen LogP contribution in [0.2, 0.25) is 0 Å². The molecule has 1 amide bonds. The largest absolute Gasteiger partial charge is 0.371 e. The van der Waals surface area contributed by atoms with Crippen molar-refractivity contribution in [2.75, 3.05) is 6.61 Å². The van der Waals surface area contributed by atoms with Crippen LogP contribution in [0.4, 0.5) is 0 Å². The summed E-state index contributed by atoms with van der Waals surface area (Å²) in [5.74, 6) is 0.176. The smallest absolute Gasteiger partial charge is 0.220 e. The Kier molecular flexibility index (Phi) is 0.990. The van der Waals surface area contributed by atoms with Crippen molar-refractivity contribution in [1.82, 2.24) is 5.32 Å². The molecule has 3 heteroatoms. The van der Waals surface area contributed by atoms with Gasteiger partial charge in [-0.1, -0.05) is 0 Å². The maximum absolute atomic E-state index is 10.6. The maximum atomic E-state index is 10.6. The number of hydrogen-bond acceptors (Lipinski definition) is 2. The summed E-state index contributed by atoms with van der Waals surface area (Å²) in [6, 6.07) is 0.331. The third-order valence-electron chi connectivity index (χ3n) is 1.84. The summed E-state index contributed by atoms with van der Waals surface area (Å²) in [5.41, 5.74) is 0. The normalized spacial score (nSPS) is 40.7. The third-order valence-corrected chi connectivity index (χ3v) is 1.84. The lowest BCUT2D eigenvalue weighted by Crippen LogP contribution is -2.29. The zero-order chi connectivity index (χ0) is 6.27. The van der Waals surface area contributed by atoms with Crippen molar-refractivity contribution in [3.05, 3.63) is 0 Å². The number of carbonyl (C=O) groups is 1. The van der Waals surface area contributed by atoms with Crippen LogP contribution in [0.1, 0.15) is 12.8 Å². The fourth-order valence-corrected chi connectivity index (χ4v) is 1.20. The van der Waals surface area contributed by atoms with Gasteiger partial charge in [-0.3, -0.25) is 4.79 Å². The molecule has 9 heavy (non-hydrogen) atoms. The van der Waals surface area contributed by atoms with Gasteiger partial charge in [0.05, 0.1) is 12.6 Å². The van der Waals surface area contributed by atoms with E-state index >= 15 is 0 Å². The third kappa shape index (κ3) is 0.920. The first-order valence-electron chi connectivity index (χ1n) is 3.27. The van der Waals surface area contributed by atoms with Crippen molar-refractivity contribution < 1.29 is 9.53 Å². The van der Waals surface area contributed by atoms with Crippen LogP contribution in [-0.2, 0) is 9.53 Å². The number of hydrogen-bond donors (Lipinski definition) is 1. The van der Waals surface area contributed by atoms with Crippen molar-refractivity contribution in [1.29, 1.82) is 0 Å². The molecule has 2 aliphatic heterocycles. The molecule has 0 aromatic carbocycles. The highest BCUT2D eigenvalue weighted by Crippen LogP contribution is 2.21. The van der Waals surface area contributed by atoms with E-state index in [-0.39, 0.29) is 5.91 Å². The molecule has 2 saturated heterocycles. The molecular formula is C6H9NO2. The highest BCUT2D eigenvalue weighted by atomic mass is 16.6. The number of nitrogens with one attached hydrogen (secondary N) is 1. The molecule has 3 nitrogen and oxygen atoms in total. The van der Waals surface area contributed by atoms with Gasteiger partial charge < -0.3 is 10.1 Å². The number of ether oxygens (including phenoxy) is 1. The minimum atomic E-state index is 0.176. The lowest BCUT2D eigenvalue weighted by atomic mass is 10.2. The minimum absolute atomic E-state index is 0.176. The lowest BCUT2D eigenvalue weighted by Gasteiger charge is -2.02. The second-order valence-electron chi connectivity index (χ2n) is 2.58. The summed E-state index contributed by atoms with van der Waals surface area (Å²) in [6.45, 7) is 0.838. The van der Waals surface area contributed by atoms with Crippen molar-refractivity contribution >= 4 is 5.91 Å². The van der Waals surface area contributed by atoms with Crippen LogP contribution in [0.25, 0.3) is 0 Å². The van der Waals surface area contributed by atoms with Crippen molar-refractivity contribution in [3.8, 4) is 0 Å². The minimum Gasteiger partial charge on any atom is -0.371 e. The van der Waals surface area contributed by atoms with Gasteiger partial charge in [-0.25, -0.2) is 0 Å². The molecule has 0 aromatic rings. The highest BCUT2D eigenvalue weighted by Gasteiger charge is 2.36. The Balaban J connectivity index is 1.92. The molecular weight excluding hydrogens is 118 g/mol. The van der Waals surface area contributed by atoms with Crippen LogP contribution in [0.3, 0.4) is 0 Å². The summed E-state index contributed by atoms with van der Waals surface area (Å²) < 4.78 is 5.03. The lowest BCUT2D eigenvalue weighted by molar-refractivity contribution is -0.119. The molecule has 2 aliphatic rings. The molecule has 0 saturated carbocycles. The van der Waals surface area contributed by atoms with E-state index in [1.54, 1.807) is 0 Å². The molecule has 2 rings (SSSR count). The molecule has 2 heterocycles. The Bertz CT molecular complexity index is 142. The molecule has 0 spiro atoms. The standard InChI is InChI=1S/C6H9NO2/c8-6-2-1-4(7-6)5-3-9-5/h4-5H,1-3H2,(H,7,8)/t4-,5-/m1/s1. The van der Waals surface area contributed by atoms with E-state index in [9.17, 15) is 4.79 Å². The van der Waals surface area contributed by atoms with Gasteiger partial charge >= 0.3 is 0 Å². The van der Waals surface area contributed by atoms with E-state index < -0.39 is 0 Å². The SMILES string of the molecule is O=C1CC[C@H]([C@H]2CO2)N1. The van der Waals surface area contributed by atoms with Crippen LogP contribution in [0.15, 0.2) is 0 Å². The average Bonchev–Trinajstić information content (AvgIpc) is 2.58. The van der Waals surface area contributed by atoms with E-state index in [0.717, 1.165) is 13.0 Å². The fraction of sp³-hybridized carbons (Fsp3) is 0.833. The maximum Gasteiger partial charge on any atom is 0.220 e. The van der Waals surface area contributed by atoms with Gasteiger partial charge in [-0.05, 0) is 6.42 Å². The van der Waals surface area contributed by atoms with Crippen LogP contribution in [-0.4, -0.2) is 24.7 Å². The number of rotatable bonds is 1. The number of amides is 1. The van der Waals surface area contributed by atoms with E-state index in [1.807, 2.05) is 0 Å². The van der Waals surface area contributed by atoms with Crippen molar-refractivity contribution in [3.63, 3.8) is 0 Å². The van der Waals surface area contributed by atoms with Gasteiger partial charge in [0.15, 0.2) is 0 Å². The predicted molar refractivity (Wildman–Crippen MR) is 30.9 cm³/mol. The predicted octanol–water partition coefficient (Wildman–Crippen LogP) is -0.336. The summed E-state index contributed by atoms with van der Waals surface area (Å²) in [4.78, 5) is 10.6. The topological polar surface area (TPSA) is 41.6 Å². The van der Waals surface area contributed by atoms with E-state index in [0.29, 0.717) is 18.6 Å². The summed E-state index contributed by atoms with van der Waals surface area (Å²) in [5, 5.41) is 2.85. The van der Waals surface area contributed by atoms with E-state index in [2.05, 4.69) is 5.32 Å². The van der Waals surface area contributed by atoms with Gasteiger partial charge in [-0.2, -0.15) is 0 Å². The molecule has 2 fully saturated rings. The van der Waals surface area contributed by atoms with E-state index in [1.165, 1.54) is 0 Å². The van der Waals surface area contributed by atoms with Gasteiger partial charge in [-0.15, -0.1) is 0 Å². The number of carbonyl (C=O) groups excluding carboxylic acids is 1. The van der Waals surface area contributed by atoms with E-state index in [4.69, 9.17) is 4.74 Å². The Labute approximate surface area is 53.4 Å². The molecule has 0 radical (unpaired) electrons. The molecule has 0 unspecified atom stereocenters. The average molecular weight is 127 g/mol. The van der Waals surface area contributed by atoms with Crippen LogP contribution in [0, 0.1) is 0 Å². The molecule has 1 N–H and O–H groups in total. The first-order valence-corrected chi connectivity index (χ1v) is 3.27. The van der Waals surface area contributed by atoms with Crippen molar-refractivity contribution in [2.45, 2.75) is 25.0 Å². The molecule has 0 bridgehead atoms. The summed E-state index contributed by atoms with van der Waals surface area (Å²) in [6.07, 6.45) is 1.99. The molecule has 2 atom stereocenters. The van der Waals surface area contributed by atoms with Gasteiger partial charge in [0.2, 0.25) is 5.91 Å². The zero-order valence-corrected chi connectivity index (χ0v) is 5.09. The Morgan fingerprint density at radius 1 is 1.67 bits per heavy atom. The van der Waals surface area contributed by atoms with Crippen LogP contribution >= 0.6 is 0 Å². The molecule has 0 aliphatic carbocycles. The van der Waals surface area contributed by atoms with Gasteiger partial charge in [0.25, 0.3) is 0 Å². The summed E-state index contributed by atoms with van der Waals surface area (Å²) in [7, 11) is 0. The highest BCUT2D eigenvalue weighted by molar-refractivity contribution is 5.78. The quantitative estimate of drug-likeness (QED) is 0.490. The molecule has 0 aromatic heterocycles. The second kappa shape index (κ2) is 1.70. The Morgan fingerprint density at radius 2 is 2.44 bits per heavy atom. The second-order valence-corrected chi connectivity index (χ2v) is 2.58. The monoisotopic (exact) mass is 127 g/mol. The first-order chi connectivity index (χ1) is 4.36. The zero-order valence-electron chi connectivity index (χ0n) is 5.09. The van der Waals surface area contributed by atoms with Crippen molar-refractivity contribution in [2.24, 2.45) is 0 Å². The number of epoxide rings is 1. The Morgan fingerprint density at radius 3 is 2.89 bits per heavy atom. The van der Waals surface area contributed by atoms with Gasteiger partial charge in [0, 0.05) is 6.42 Å². The fourth-order valence-electron chi connectivity index (χ4n) is 1.20. The summed E-state index contributed by atoms with van der Waals surface area (Å²) >= 11 is 0. The molecule has 50 valence electrons. The first kappa shape index (κ1) is 5.23. The van der Waals surface area contributed by atoms with Crippen LogP contribution < -0.4 is 5.32 Å². The van der Waals surface area contributed by atoms with Crippen LogP contribution in [0.5, 0.6) is 0 Å². The van der Waals surface area contributed by atoms with Gasteiger partial charge in [0.1, 0.15) is 6.10 Å².